The number of ether oxygens (including phenoxy) is 2. The van der Waals surface area contributed by atoms with Crippen molar-refractivity contribution >= 4 is 32.6 Å². The van der Waals surface area contributed by atoms with Crippen molar-refractivity contribution in [3.8, 4) is 11.5 Å². The zero-order chi connectivity index (χ0) is 25.8. The second-order valence-electron chi connectivity index (χ2n) is 8.44. The van der Waals surface area contributed by atoms with Crippen molar-refractivity contribution < 1.29 is 36.9 Å². The Labute approximate surface area is 203 Å². The molecule has 2 atom stereocenters. The molecule has 2 aliphatic rings. The lowest BCUT2D eigenvalue weighted by Crippen LogP contribution is -2.52. The lowest BCUT2D eigenvalue weighted by Gasteiger charge is -2.40. The highest BCUT2D eigenvalue weighted by molar-refractivity contribution is 7.22. The van der Waals surface area contributed by atoms with E-state index in [-0.39, 0.29) is 41.1 Å². The number of H-pyrrole nitrogens is 1. The fourth-order valence-electron chi connectivity index (χ4n) is 4.14. The Kier molecular flexibility index (Phi) is 5.88. The van der Waals surface area contributed by atoms with Crippen LogP contribution in [0.15, 0.2) is 23.1 Å². The Bertz CT molecular complexity index is 1350. The number of alkyl halides is 4. The number of thiazole rings is 1. The fraction of sp³-hybridized carbons (Fsp3) is 0.429. The van der Waals surface area contributed by atoms with Gasteiger partial charge in [-0.15, -0.1) is 8.78 Å². The van der Waals surface area contributed by atoms with E-state index in [1.807, 2.05) is 0 Å². The van der Waals surface area contributed by atoms with Crippen LogP contribution in [-0.2, 0) is 11.4 Å². The van der Waals surface area contributed by atoms with Crippen LogP contribution in [0.1, 0.15) is 30.7 Å². The number of amides is 1. The number of carbonyl (C=O) groups is 1. The number of hydrogen-bond acceptors (Lipinski definition) is 9. The zero-order valence-corrected chi connectivity index (χ0v) is 19.4. The summed E-state index contributed by atoms with van der Waals surface area (Å²) >= 11 is 1.03. The maximum atomic E-state index is 14.7. The molecule has 0 spiro atoms. The Hall–Kier alpha value is -3.30. The molecule has 2 aromatic heterocycles. The summed E-state index contributed by atoms with van der Waals surface area (Å²) in [5.41, 5.74) is -0.717. The zero-order valence-electron chi connectivity index (χ0n) is 18.6. The molecule has 0 saturated carbocycles. The minimum Gasteiger partial charge on any atom is -0.395 e. The second kappa shape index (κ2) is 8.67. The van der Waals surface area contributed by atoms with Gasteiger partial charge in [0.15, 0.2) is 16.6 Å². The third kappa shape index (κ3) is 4.49. The van der Waals surface area contributed by atoms with Crippen molar-refractivity contribution in [2.24, 2.45) is 0 Å². The Morgan fingerprint density at radius 1 is 1.31 bits per heavy atom. The summed E-state index contributed by atoms with van der Waals surface area (Å²) in [6.07, 6.45) is -3.20. The van der Waals surface area contributed by atoms with Crippen LogP contribution >= 0.6 is 11.3 Å². The molecule has 5 rings (SSSR count). The maximum Gasteiger partial charge on any atom is 0.586 e. The van der Waals surface area contributed by atoms with E-state index in [9.17, 15) is 32.3 Å². The lowest BCUT2D eigenvalue weighted by molar-refractivity contribution is -0.286. The topological polar surface area (TPSA) is 130 Å². The highest BCUT2D eigenvalue weighted by Gasteiger charge is 2.47. The first-order valence-electron chi connectivity index (χ1n) is 10.8. The highest BCUT2D eigenvalue weighted by Crippen LogP contribution is 2.45. The molecule has 10 nitrogen and oxygen atoms in total. The first-order chi connectivity index (χ1) is 17.0. The number of aliphatic hydroxyl groups excluding tert-OH is 1. The van der Waals surface area contributed by atoms with E-state index in [2.05, 4.69) is 29.7 Å². The summed E-state index contributed by atoms with van der Waals surface area (Å²) in [4.78, 5) is 36.6. The monoisotopic (exact) mass is 529 g/mol. The molecule has 2 aliphatic heterocycles. The van der Waals surface area contributed by atoms with Gasteiger partial charge in [-0.1, -0.05) is 11.3 Å². The second-order valence-corrected chi connectivity index (χ2v) is 9.47. The van der Waals surface area contributed by atoms with Gasteiger partial charge in [0, 0.05) is 37.8 Å². The molecule has 1 fully saturated rings. The average molecular weight is 529 g/mol. The number of nitrogens with zero attached hydrogens (tertiary/aromatic N) is 3. The Balaban J connectivity index is 1.31. The average Bonchev–Trinajstić information content (AvgIpc) is 3.33. The number of carbonyl (C=O) groups excluding carboxylic acids is 1. The number of halogens is 4. The van der Waals surface area contributed by atoms with Gasteiger partial charge in [-0.25, -0.2) is 18.7 Å². The van der Waals surface area contributed by atoms with Crippen LogP contribution in [0.3, 0.4) is 0 Å². The number of aliphatic hydroxyl groups is 1. The van der Waals surface area contributed by atoms with Gasteiger partial charge in [-0.05, 0) is 6.92 Å². The van der Waals surface area contributed by atoms with Crippen molar-refractivity contribution in [3.63, 3.8) is 0 Å². The molecule has 192 valence electrons. The predicted octanol–water partition coefficient (Wildman–Crippen LogP) is 2.65. The van der Waals surface area contributed by atoms with Gasteiger partial charge in [-0.2, -0.15) is 0 Å². The smallest absolute Gasteiger partial charge is 0.395 e. The molecule has 1 aromatic carbocycles. The minimum absolute atomic E-state index is 0.0657. The molecule has 3 aromatic rings. The van der Waals surface area contributed by atoms with Crippen LogP contribution in [0, 0.1) is 0 Å². The van der Waals surface area contributed by atoms with Crippen LogP contribution < -0.4 is 20.3 Å². The van der Waals surface area contributed by atoms with Crippen molar-refractivity contribution in [3.05, 3.63) is 40.1 Å². The van der Waals surface area contributed by atoms with Crippen molar-refractivity contribution in [2.75, 3.05) is 18.4 Å². The van der Waals surface area contributed by atoms with E-state index in [0.29, 0.717) is 10.2 Å². The Morgan fingerprint density at radius 3 is 2.75 bits per heavy atom. The molecule has 3 N–H and O–H groups in total. The van der Waals surface area contributed by atoms with Gasteiger partial charge < -0.3 is 24.9 Å². The quantitative estimate of drug-likeness (QED) is 0.431. The van der Waals surface area contributed by atoms with Gasteiger partial charge in [0.1, 0.15) is 5.69 Å². The van der Waals surface area contributed by atoms with E-state index in [4.69, 9.17) is 0 Å². The van der Waals surface area contributed by atoms with Crippen molar-refractivity contribution in [2.45, 2.75) is 44.1 Å². The summed E-state index contributed by atoms with van der Waals surface area (Å²) in [5, 5.41) is 12.1. The van der Waals surface area contributed by atoms with E-state index in [1.54, 1.807) is 11.8 Å². The number of piperidine rings is 1. The van der Waals surface area contributed by atoms with E-state index in [1.165, 1.54) is 12.1 Å². The first-order valence-corrected chi connectivity index (χ1v) is 11.6. The van der Waals surface area contributed by atoms with E-state index < -0.39 is 48.7 Å². The van der Waals surface area contributed by atoms with Gasteiger partial charge in [0.2, 0.25) is 5.91 Å². The first kappa shape index (κ1) is 24.4. The standard InChI is InChI=1S/C21H19F4N5O5S/c1-9(30-3-2-20(22,23)10(7-30)12-6-26-18(33)13(8-31)27-12)17(32)29-19-28-11-4-14-15(5-16(11)36-19)35-21(24,25)34-14/h4-6,9-10,31H,2-3,7-8H2,1H3,(H,26,33)(H,28,29,32)/t9-,10+/m0/s1. The summed E-state index contributed by atoms with van der Waals surface area (Å²) in [5.74, 6) is -5.38. The molecule has 0 radical (unpaired) electrons. The number of anilines is 1. The largest absolute Gasteiger partial charge is 0.586 e. The number of nitrogens with one attached hydrogen (secondary N) is 2. The van der Waals surface area contributed by atoms with Crippen molar-refractivity contribution in [1.29, 1.82) is 0 Å². The molecule has 1 amide bonds. The molecule has 4 heterocycles. The molecule has 15 heteroatoms. The van der Waals surface area contributed by atoms with Crippen molar-refractivity contribution in [1.82, 2.24) is 19.9 Å². The summed E-state index contributed by atoms with van der Waals surface area (Å²) < 4.78 is 65.3. The van der Waals surface area contributed by atoms with Gasteiger partial charge in [0.25, 0.3) is 11.5 Å². The highest BCUT2D eigenvalue weighted by atomic mass is 32.1. The number of aromatic amines is 1. The van der Waals surface area contributed by atoms with Crippen LogP contribution in [-0.4, -0.2) is 62.2 Å². The van der Waals surface area contributed by atoms with Gasteiger partial charge >= 0.3 is 6.29 Å². The number of hydrogen-bond donors (Lipinski definition) is 3. The number of rotatable bonds is 5. The minimum atomic E-state index is -3.76. The fourth-order valence-corrected chi connectivity index (χ4v) is 5.02. The maximum absolute atomic E-state index is 14.7. The third-order valence-electron chi connectivity index (χ3n) is 6.11. The molecule has 36 heavy (non-hydrogen) atoms. The van der Waals surface area contributed by atoms with Crippen LogP contribution in [0.5, 0.6) is 11.5 Å². The summed E-state index contributed by atoms with van der Waals surface area (Å²) in [6, 6.07) is 1.78. The molecular weight excluding hydrogens is 510 g/mol. The third-order valence-corrected chi connectivity index (χ3v) is 7.05. The molecule has 0 bridgehead atoms. The van der Waals surface area contributed by atoms with E-state index >= 15 is 0 Å². The number of aromatic nitrogens is 3. The molecule has 0 aliphatic carbocycles. The summed E-state index contributed by atoms with van der Waals surface area (Å²) in [7, 11) is 0. The number of fused-ring (bicyclic) bond motifs is 2. The van der Waals surface area contributed by atoms with Crippen LogP contribution in [0.25, 0.3) is 10.2 Å². The molecule has 0 unspecified atom stereocenters. The Morgan fingerprint density at radius 2 is 2.03 bits per heavy atom. The van der Waals surface area contributed by atoms with Gasteiger partial charge in [-0.3, -0.25) is 14.5 Å². The van der Waals surface area contributed by atoms with Crippen LogP contribution in [0.2, 0.25) is 0 Å². The van der Waals surface area contributed by atoms with Gasteiger partial charge in [0.05, 0.1) is 34.5 Å². The number of likely N-dealkylation sites (tertiary alicyclic amines) is 1. The predicted molar refractivity (Wildman–Crippen MR) is 119 cm³/mol. The molecular formula is C21H19F4N5O5S. The van der Waals surface area contributed by atoms with E-state index in [0.717, 1.165) is 17.5 Å². The SMILES string of the molecule is C[C@@H](C(=O)Nc1nc2cc3c(cc2s1)OC(F)(F)O3)N1CCC(F)(F)[C@@H](c2c[nH]c(=O)c(CO)n2)C1. The normalized spacial score (nSPS) is 21.4. The van der Waals surface area contributed by atoms with Crippen LogP contribution in [0.4, 0.5) is 22.7 Å². The molecule has 1 saturated heterocycles. The lowest BCUT2D eigenvalue weighted by atomic mass is 9.89. The summed E-state index contributed by atoms with van der Waals surface area (Å²) in [6.45, 7) is 0.571. The number of benzene rings is 1.